The van der Waals surface area contributed by atoms with Crippen molar-refractivity contribution in [3.63, 3.8) is 0 Å². The summed E-state index contributed by atoms with van der Waals surface area (Å²) in [6.07, 6.45) is 8.64. The van der Waals surface area contributed by atoms with Crippen LogP contribution < -0.4 is 0 Å². The molecule has 104 valence electrons. The van der Waals surface area contributed by atoms with Crippen LogP contribution >= 0.6 is 0 Å². The molecule has 0 aromatic rings. The monoisotopic (exact) mass is 252 g/mol. The predicted octanol–water partition coefficient (Wildman–Crippen LogP) is 2.51. The molecule has 0 radical (unpaired) electrons. The summed E-state index contributed by atoms with van der Waals surface area (Å²) in [6.45, 7) is 7.46. The number of carbonyl (C=O) groups excluding carboxylic acids is 1. The Morgan fingerprint density at radius 1 is 1.06 bits per heavy atom. The van der Waals surface area contributed by atoms with Crippen molar-refractivity contribution < 1.29 is 4.79 Å². The zero-order chi connectivity index (χ0) is 12.8. The third-order valence-corrected chi connectivity index (χ3v) is 4.45. The molecule has 2 fully saturated rings. The zero-order valence-electron chi connectivity index (χ0n) is 11.9. The third kappa shape index (κ3) is 3.98. The van der Waals surface area contributed by atoms with Crippen LogP contribution in [0.25, 0.3) is 0 Å². The van der Waals surface area contributed by atoms with Gasteiger partial charge in [0.1, 0.15) is 0 Å². The fourth-order valence-corrected chi connectivity index (χ4v) is 3.30. The summed E-state index contributed by atoms with van der Waals surface area (Å²) in [5.41, 5.74) is 0. The van der Waals surface area contributed by atoms with Gasteiger partial charge in [0.15, 0.2) is 0 Å². The maximum absolute atomic E-state index is 12.2. The Kier molecular flexibility index (Phi) is 5.48. The first-order valence-corrected chi connectivity index (χ1v) is 7.79. The fourth-order valence-electron chi connectivity index (χ4n) is 3.30. The van der Waals surface area contributed by atoms with Crippen molar-refractivity contribution in [2.24, 2.45) is 5.92 Å². The standard InChI is InChI=1S/C15H28N2O/c1-2-8-16-9-11-17(12-10-16)15(18)13-14-6-4-3-5-7-14/h14H,2-13H2,1H3. The second kappa shape index (κ2) is 7.13. The number of amides is 1. The predicted molar refractivity (Wildman–Crippen MR) is 74.5 cm³/mol. The van der Waals surface area contributed by atoms with Crippen LogP contribution in [0.15, 0.2) is 0 Å². The van der Waals surface area contributed by atoms with Gasteiger partial charge >= 0.3 is 0 Å². The van der Waals surface area contributed by atoms with Gasteiger partial charge in [-0.1, -0.05) is 26.2 Å². The maximum atomic E-state index is 12.2. The van der Waals surface area contributed by atoms with Gasteiger partial charge in [-0.05, 0) is 31.7 Å². The first-order chi connectivity index (χ1) is 8.79. The van der Waals surface area contributed by atoms with Gasteiger partial charge in [0.25, 0.3) is 0 Å². The second-order valence-corrected chi connectivity index (χ2v) is 5.93. The molecule has 18 heavy (non-hydrogen) atoms. The highest BCUT2D eigenvalue weighted by Crippen LogP contribution is 2.26. The number of nitrogens with zero attached hydrogens (tertiary/aromatic N) is 2. The SMILES string of the molecule is CCCN1CCN(C(=O)CC2CCCCC2)CC1. The van der Waals surface area contributed by atoms with Crippen molar-refractivity contribution >= 4 is 5.91 Å². The largest absolute Gasteiger partial charge is 0.340 e. The van der Waals surface area contributed by atoms with Gasteiger partial charge in [0, 0.05) is 32.6 Å². The van der Waals surface area contributed by atoms with Gasteiger partial charge in [-0.15, -0.1) is 0 Å². The van der Waals surface area contributed by atoms with E-state index in [0.29, 0.717) is 11.8 Å². The van der Waals surface area contributed by atoms with E-state index in [1.54, 1.807) is 0 Å². The van der Waals surface area contributed by atoms with Crippen LogP contribution in [-0.2, 0) is 4.79 Å². The molecule has 1 saturated carbocycles. The molecule has 3 heteroatoms. The summed E-state index contributed by atoms with van der Waals surface area (Å²) < 4.78 is 0. The van der Waals surface area contributed by atoms with E-state index in [4.69, 9.17) is 0 Å². The smallest absolute Gasteiger partial charge is 0.222 e. The summed E-state index contributed by atoms with van der Waals surface area (Å²) in [4.78, 5) is 16.8. The Balaban J connectivity index is 1.70. The molecule has 1 aliphatic heterocycles. The van der Waals surface area contributed by atoms with Crippen LogP contribution in [0.1, 0.15) is 51.9 Å². The summed E-state index contributed by atoms with van der Waals surface area (Å²) in [6, 6.07) is 0. The number of hydrogen-bond donors (Lipinski definition) is 0. The molecule has 2 aliphatic rings. The molecule has 1 saturated heterocycles. The minimum absolute atomic E-state index is 0.415. The van der Waals surface area contributed by atoms with E-state index in [1.165, 1.54) is 45.1 Å². The average Bonchev–Trinajstić information content (AvgIpc) is 2.41. The van der Waals surface area contributed by atoms with Crippen LogP contribution in [0.5, 0.6) is 0 Å². The van der Waals surface area contributed by atoms with Crippen molar-refractivity contribution in [2.45, 2.75) is 51.9 Å². The highest BCUT2D eigenvalue weighted by molar-refractivity contribution is 5.76. The lowest BCUT2D eigenvalue weighted by Gasteiger charge is -2.35. The molecular weight excluding hydrogens is 224 g/mol. The molecule has 0 aromatic carbocycles. The normalized spacial score (nSPS) is 23.3. The lowest BCUT2D eigenvalue weighted by molar-refractivity contribution is -0.134. The quantitative estimate of drug-likeness (QED) is 0.767. The summed E-state index contributed by atoms with van der Waals surface area (Å²) in [5.74, 6) is 1.10. The Hall–Kier alpha value is -0.570. The molecule has 0 spiro atoms. The van der Waals surface area contributed by atoms with Gasteiger partial charge < -0.3 is 4.90 Å². The van der Waals surface area contributed by atoms with Crippen LogP contribution in [-0.4, -0.2) is 48.4 Å². The Labute approximate surface area is 112 Å². The van der Waals surface area contributed by atoms with Gasteiger partial charge in [0.05, 0.1) is 0 Å². The molecule has 0 unspecified atom stereocenters. The number of carbonyl (C=O) groups is 1. The topological polar surface area (TPSA) is 23.6 Å². The minimum atomic E-state index is 0.415. The van der Waals surface area contributed by atoms with Gasteiger partial charge in [0.2, 0.25) is 5.91 Å². The van der Waals surface area contributed by atoms with Crippen LogP contribution in [0, 0.1) is 5.92 Å². The molecular formula is C15H28N2O. The Bertz CT molecular complexity index is 253. The van der Waals surface area contributed by atoms with E-state index >= 15 is 0 Å². The van der Waals surface area contributed by atoms with Gasteiger partial charge in [-0.25, -0.2) is 0 Å². The number of piperazine rings is 1. The molecule has 3 nitrogen and oxygen atoms in total. The minimum Gasteiger partial charge on any atom is -0.340 e. The fraction of sp³-hybridized carbons (Fsp3) is 0.933. The Morgan fingerprint density at radius 3 is 2.33 bits per heavy atom. The van der Waals surface area contributed by atoms with Crippen LogP contribution in [0.3, 0.4) is 0 Å². The molecule has 1 amide bonds. The summed E-state index contributed by atoms with van der Waals surface area (Å²) >= 11 is 0. The van der Waals surface area contributed by atoms with Gasteiger partial charge in [-0.2, -0.15) is 0 Å². The summed E-state index contributed by atoms with van der Waals surface area (Å²) in [7, 11) is 0. The molecule has 0 N–H and O–H groups in total. The van der Waals surface area contributed by atoms with Gasteiger partial charge in [-0.3, -0.25) is 9.69 Å². The van der Waals surface area contributed by atoms with Crippen molar-refractivity contribution in [1.82, 2.24) is 9.80 Å². The average molecular weight is 252 g/mol. The zero-order valence-corrected chi connectivity index (χ0v) is 11.9. The lowest BCUT2D eigenvalue weighted by Crippen LogP contribution is -2.49. The molecule has 2 rings (SSSR count). The van der Waals surface area contributed by atoms with Crippen LogP contribution in [0.2, 0.25) is 0 Å². The molecule has 0 bridgehead atoms. The highest BCUT2D eigenvalue weighted by atomic mass is 16.2. The van der Waals surface area contributed by atoms with E-state index < -0.39 is 0 Å². The van der Waals surface area contributed by atoms with E-state index in [1.807, 2.05) is 0 Å². The van der Waals surface area contributed by atoms with Crippen molar-refractivity contribution in [3.8, 4) is 0 Å². The van der Waals surface area contributed by atoms with Crippen molar-refractivity contribution in [1.29, 1.82) is 0 Å². The highest BCUT2D eigenvalue weighted by Gasteiger charge is 2.23. The van der Waals surface area contributed by atoms with E-state index in [0.717, 1.165) is 32.6 Å². The number of rotatable bonds is 4. The van der Waals surface area contributed by atoms with Crippen molar-refractivity contribution in [2.75, 3.05) is 32.7 Å². The first kappa shape index (κ1) is 13.9. The van der Waals surface area contributed by atoms with E-state index in [9.17, 15) is 4.79 Å². The molecule has 1 aliphatic carbocycles. The van der Waals surface area contributed by atoms with E-state index in [-0.39, 0.29) is 0 Å². The van der Waals surface area contributed by atoms with Crippen LogP contribution in [0.4, 0.5) is 0 Å². The van der Waals surface area contributed by atoms with E-state index in [2.05, 4.69) is 16.7 Å². The van der Waals surface area contributed by atoms with Crippen molar-refractivity contribution in [3.05, 3.63) is 0 Å². The molecule has 1 heterocycles. The maximum Gasteiger partial charge on any atom is 0.222 e. The Morgan fingerprint density at radius 2 is 1.72 bits per heavy atom. The third-order valence-electron chi connectivity index (χ3n) is 4.45. The first-order valence-electron chi connectivity index (χ1n) is 7.79. The second-order valence-electron chi connectivity index (χ2n) is 5.93. The molecule has 0 atom stereocenters. The number of hydrogen-bond acceptors (Lipinski definition) is 2. The molecule has 0 aromatic heterocycles. The summed E-state index contributed by atoms with van der Waals surface area (Å²) in [5, 5.41) is 0. The lowest BCUT2D eigenvalue weighted by atomic mass is 9.86.